The lowest BCUT2D eigenvalue weighted by molar-refractivity contribution is 0.0910. The summed E-state index contributed by atoms with van der Waals surface area (Å²) in [5.41, 5.74) is 2.79. The Kier molecular flexibility index (Phi) is 4.84. The summed E-state index contributed by atoms with van der Waals surface area (Å²) in [7, 11) is 0. The first-order chi connectivity index (χ1) is 15.3. The fourth-order valence-corrected chi connectivity index (χ4v) is 4.67. The second-order valence-corrected chi connectivity index (χ2v) is 9.57. The van der Waals surface area contributed by atoms with Crippen molar-refractivity contribution in [3.05, 3.63) is 69.5 Å². The Bertz CT molecular complexity index is 1260. The number of H-pyrrole nitrogens is 1. The summed E-state index contributed by atoms with van der Waals surface area (Å²) >= 11 is 0. The standard InChI is InChI=1S/C25H26N4O3/c1-25(2)12-19-17(21(30)13-25)11-18(24(32)28-19)23(31)26-16-8-6-15(7-9-16)20-14-29-10-4-3-5-22(29)27-20/h6-9,11,14H,3-5,10,12-13H2,1-2H3,(H,26,31)(H,28,32). The number of Topliss-reactive ketones (excluding diaryl/α,β-unsaturated/α-hetero) is 1. The number of fused-ring (bicyclic) bond motifs is 2. The Morgan fingerprint density at radius 2 is 1.91 bits per heavy atom. The van der Waals surface area contributed by atoms with Gasteiger partial charge in [-0.25, -0.2) is 4.98 Å². The number of nitrogens with zero attached hydrogens (tertiary/aromatic N) is 2. The minimum atomic E-state index is -0.531. The van der Waals surface area contributed by atoms with E-state index in [-0.39, 0.29) is 16.8 Å². The number of aromatic amines is 1. The molecule has 2 aromatic heterocycles. The predicted molar refractivity (Wildman–Crippen MR) is 122 cm³/mol. The van der Waals surface area contributed by atoms with Crippen LogP contribution in [-0.2, 0) is 19.4 Å². The molecule has 32 heavy (non-hydrogen) atoms. The number of benzene rings is 1. The second-order valence-electron chi connectivity index (χ2n) is 9.57. The average molecular weight is 431 g/mol. The molecule has 164 valence electrons. The lowest BCUT2D eigenvalue weighted by atomic mass is 9.75. The normalized spacial score (nSPS) is 16.9. The van der Waals surface area contributed by atoms with Crippen LogP contribution in [0.2, 0.25) is 0 Å². The molecule has 7 nitrogen and oxygen atoms in total. The van der Waals surface area contributed by atoms with E-state index >= 15 is 0 Å². The molecule has 0 bridgehead atoms. The van der Waals surface area contributed by atoms with Gasteiger partial charge in [-0.3, -0.25) is 14.4 Å². The van der Waals surface area contributed by atoms with E-state index in [2.05, 4.69) is 21.1 Å². The minimum absolute atomic E-state index is 0.0475. The van der Waals surface area contributed by atoms with Crippen molar-refractivity contribution in [3.8, 4) is 11.3 Å². The molecule has 0 unspecified atom stereocenters. The number of hydrogen-bond acceptors (Lipinski definition) is 4. The number of aryl methyl sites for hydroxylation is 2. The van der Waals surface area contributed by atoms with E-state index in [1.165, 1.54) is 18.9 Å². The Labute approximate surface area is 185 Å². The molecule has 7 heteroatoms. The van der Waals surface area contributed by atoms with Crippen molar-refractivity contribution in [2.24, 2.45) is 5.41 Å². The molecule has 0 atom stereocenters. The molecule has 0 fully saturated rings. The maximum absolute atomic E-state index is 12.8. The molecule has 0 radical (unpaired) electrons. The Morgan fingerprint density at radius 1 is 1.12 bits per heavy atom. The molecule has 1 aromatic carbocycles. The first kappa shape index (κ1) is 20.4. The van der Waals surface area contributed by atoms with Crippen molar-refractivity contribution in [2.75, 3.05) is 5.32 Å². The van der Waals surface area contributed by atoms with Gasteiger partial charge in [0.25, 0.3) is 11.5 Å². The van der Waals surface area contributed by atoms with E-state index in [1.54, 1.807) is 12.1 Å². The predicted octanol–water partition coefficient (Wildman–Crippen LogP) is 3.98. The molecule has 1 aliphatic carbocycles. The van der Waals surface area contributed by atoms with Crippen molar-refractivity contribution in [2.45, 2.75) is 52.5 Å². The van der Waals surface area contributed by atoms with Crippen LogP contribution in [0.3, 0.4) is 0 Å². The number of amides is 1. The van der Waals surface area contributed by atoms with Crippen molar-refractivity contribution in [1.29, 1.82) is 0 Å². The van der Waals surface area contributed by atoms with Gasteiger partial charge in [0.1, 0.15) is 11.4 Å². The molecule has 0 spiro atoms. The van der Waals surface area contributed by atoms with Gasteiger partial charge in [0.05, 0.1) is 5.69 Å². The lowest BCUT2D eigenvalue weighted by Crippen LogP contribution is -2.32. The molecule has 0 saturated carbocycles. The highest BCUT2D eigenvalue weighted by molar-refractivity contribution is 6.06. The smallest absolute Gasteiger partial charge is 0.261 e. The molecule has 2 N–H and O–H groups in total. The fraction of sp³-hybridized carbons (Fsp3) is 0.360. The molecule has 5 rings (SSSR count). The number of aromatic nitrogens is 3. The van der Waals surface area contributed by atoms with Gasteiger partial charge in [-0.2, -0.15) is 0 Å². The quantitative estimate of drug-likeness (QED) is 0.657. The van der Waals surface area contributed by atoms with Crippen molar-refractivity contribution >= 4 is 17.4 Å². The van der Waals surface area contributed by atoms with Gasteiger partial charge < -0.3 is 14.9 Å². The zero-order valence-electron chi connectivity index (χ0n) is 18.3. The number of carbonyl (C=O) groups excluding carboxylic acids is 2. The summed E-state index contributed by atoms with van der Waals surface area (Å²) in [5, 5.41) is 2.77. The number of carbonyl (C=O) groups is 2. The monoisotopic (exact) mass is 430 g/mol. The van der Waals surface area contributed by atoms with E-state index in [1.807, 2.05) is 26.0 Å². The zero-order valence-corrected chi connectivity index (χ0v) is 18.3. The lowest BCUT2D eigenvalue weighted by Gasteiger charge is -2.29. The summed E-state index contributed by atoms with van der Waals surface area (Å²) < 4.78 is 2.21. The number of ketones is 1. The van der Waals surface area contributed by atoms with Gasteiger partial charge in [-0.05, 0) is 42.9 Å². The van der Waals surface area contributed by atoms with Gasteiger partial charge in [-0.1, -0.05) is 26.0 Å². The third kappa shape index (κ3) is 3.79. The molecule has 0 saturated heterocycles. The van der Waals surface area contributed by atoms with Gasteiger partial charge in [0.15, 0.2) is 5.78 Å². The molecular formula is C25H26N4O3. The summed E-state index contributed by atoms with van der Waals surface area (Å²) in [4.78, 5) is 45.3. The molecule has 1 aliphatic heterocycles. The van der Waals surface area contributed by atoms with Crippen LogP contribution >= 0.6 is 0 Å². The highest BCUT2D eigenvalue weighted by atomic mass is 16.2. The summed E-state index contributed by atoms with van der Waals surface area (Å²) in [6.07, 6.45) is 6.43. The SMILES string of the molecule is CC1(C)CC(=O)c2cc(C(=O)Nc3ccc(-c4cn5c(n4)CCCC5)cc3)c(=O)[nH]c2C1. The highest BCUT2D eigenvalue weighted by Gasteiger charge is 2.32. The number of anilines is 1. The van der Waals surface area contributed by atoms with E-state index in [0.29, 0.717) is 29.8 Å². The van der Waals surface area contributed by atoms with Crippen molar-refractivity contribution in [3.63, 3.8) is 0 Å². The molecule has 3 aromatic rings. The molecule has 3 heterocycles. The summed E-state index contributed by atoms with van der Waals surface area (Å²) in [5.74, 6) is 0.541. The summed E-state index contributed by atoms with van der Waals surface area (Å²) in [6.45, 7) is 5.00. The maximum atomic E-state index is 12.8. The molecule has 2 aliphatic rings. The van der Waals surface area contributed by atoms with E-state index in [9.17, 15) is 14.4 Å². The van der Waals surface area contributed by atoms with E-state index in [0.717, 1.165) is 30.0 Å². The Hall–Kier alpha value is -3.48. The second kappa shape index (κ2) is 7.58. The number of rotatable bonds is 3. The fourth-order valence-electron chi connectivity index (χ4n) is 4.67. The van der Waals surface area contributed by atoms with Crippen LogP contribution in [0.15, 0.2) is 41.3 Å². The van der Waals surface area contributed by atoms with Crippen LogP contribution in [0.4, 0.5) is 5.69 Å². The molecular weight excluding hydrogens is 404 g/mol. The van der Waals surface area contributed by atoms with Crippen LogP contribution in [0, 0.1) is 5.41 Å². The first-order valence-corrected chi connectivity index (χ1v) is 11.1. The van der Waals surface area contributed by atoms with Crippen molar-refractivity contribution < 1.29 is 9.59 Å². The van der Waals surface area contributed by atoms with Crippen LogP contribution < -0.4 is 10.9 Å². The van der Waals surface area contributed by atoms with Gasteiger partial charge >= 0.3 is 0 Å². The highest BCUT2D eigenvalue weighted by Crippen LogP contribution is 2.33. The summed E-state index contributed by atoms with van der Waals surface area (Å²) in [6, 6.07) is 8.85. The Morgan fingerprint density at radius 3 is 2.66 bits per heavy atom. The van der Waals surface area contributed by atoms with Crippen LogP contribution in [-0.4, -0.2) is 26.2 Å². The topological polar surface area (TPSA) is 96.8 Å². The Balaban J connectivity index is 1.35. The van der Waals surface area contributed by atoms with E-state index in [4.69, 9.17) is 4.98 Å². The number of pyridine rings is 1. The average Bonchev–Trinajstić information content (AvgIpc) is 3.17. The third-order valence-electron chi connectivity index (χ3n) is 6.31. The number of imidazole rings is 1. The van der Waals surface area contributed by atoms with Gasteiger partial charge in [-0.15, -0.1) is 0 Å². The third-order valence-corrected chi connectivity index (χ3v) is 6.31. The number of nitrogens with one attached hydrogen (secondary N) is 2. The zero-order chi connectivity index (χ0) is 22.5. The van der Waals surface area contributed by atoms with E-state index < -0.39 is 11.5 Å². The number of hydrogen-bond donors (Lipinski definition) is 2. The minimum Gasteiger partial charge on any atom is -0.334 e. The van der Waals surface area contributed by atoms with Crippen molar-refractivity contribution in [1.82, 2.24) is 14.5 Å². The first-order valence-electron chi connectivity index (χ1n) is 11.1. The van der Waals surface area contributed by atoms with Crippen LogP contribution in [0.25, 0.3) is 11.3 Å². The molecule has 1 amide bonds. The van der Waals surface area contributed by atoms with Crippen LogP contribution in [0.5, 0.6) is 0 Å². The maximum Gasteiger partial charge on any atom is 0.261 e. The largest absolute Gasteiger partial charge is 0.334 e. The van der Waals surface area contributed by atoms with Gasteiger partial charge in [0, 0.05) is 48.1 Å². The van der Waals surface area contributed by atoms with Crippen LogP contribution in [0.1, 0.15) is 65.3 Å². The van der Waals surface area contributed by atoms with Gasteiger partial charge in [0.2, 0.25) is 0 Å².